The Labute approximate surface area is 186 Å². The van der Waals surface area contributed by atoms with Crippen molar-refractivity contribution in [2.75, 3.05) is 7.11 Å². The topological polar surface area (TPSA) is 54.0 Å². The summed E-state index contributed by atoms with van der Waals surface area (Å²) in [6.07, 6.45) is 3.61. The highest BCUT2D eigenvalue weighted by molar-refractivity contribution is 6.12. The molecule has 2 heterocycles. The second-order valence-corrected chi connectivity index (χ2v) is 7.68. The summed E-state index contributed by atoms with van der Waals surface area (Å²) in [4.78, 5) is 12.9. The first kappa shape index (κ1) is 19.9. The molecule has 1 atom stereocenters. The molecule has 0 radical (unpaired) electrons. The van der Waals surface area contributed by atoms with Gasteiger partial charge in [0.2, 0.25) is 5.78 Å². The molecule has 0 saturated heterocycles. The zero-order chi connectivity index (χ0) is 22.1. The van der Waals surface area contributed by atoms with E-state index >= 15 is 0 Å². The number of hydrogen-bond donors (Lipinski definition) is 0. The maximum atomic E-state index is 12.9. The number of hydrogen-bond acceptors (Lipinski definition) is 5. The molecule has 5 heteroatoms. The van der Waals surface area contributed by atoms with Crippen molar-refractivity contribution in [1.29, 1.82) is 0 Å². The molecule has 3 aromatic rings. The van der Waals surface area contributed by atoms with Gasteiger partial charge in [-0.25, -0.2) is 0 Å². The minimum atomic E-state index is -0.181. The molecule has 0 aromatic heterocycles. The lowest BCUT2D eigenvalue weighted by Crippen LogP contribution is -2.18. The number of rotatable bonds is 5. The maximum Gasteiger partial charge on any atom is 0.231 e. The summed E-state index contributed by atoms with van der Waals surface area (Å²) in [5.41, 5.74) is 3.37. The minimum Gasteiger partial charge on any atom is -0.497 e. The van der Waals surface area contributed by atoms with Crippen molar-refractivity contribution in [3.05, 3.63) is 101 Å². The Kier molecular flexibility index (Phi) is 5.15. The smallest absolute Gasteiger partial charge is 0.231 e. The standard InChI is InChI=1S/C27H22O5/c1-17-20(13-19-7-3-4-9-24(19)31-17)14-26-27(28)23-11-10-22(15-25(23)32-26)30-16-18-6-5-8-21(12-18)29-2/h3-15,17H,16H2,1-2H3. The van der Waals surface area contributed by atoms with E-state index in [1.165, 1.54) is 0 Å². The molecule has 3 aromatic carbocycles. The van der Waals surface area contributed by atoms with Gasteiger partial charge in [0.25, 0.3) is 0 Å². The van der Waals surface area contributed by atoms with Gasteiger partial charge in [-0.15, -0.1) is 0 Å². The highest BCUT2D eigenvalue weighted by Crippen LogP contribution is 2.36. The molecule has 0 amide bonds. The van der Waals surface area contributed by atoms with E-state index in [-0.39, 0.29) is 17.6 Å². The monoisotopic (exact) mass is 426 g/mol. The van der Waals surface area contributed by atoms with Crippen molar-refractivity contribution in [1.82, 2.24) is 0 Å². The molecular weight excluding hydrogens is 404 g/mol. The SMILES string of the molecule is COc1cccc(COc2ccc3c(c2)OC(=CC2=Cc4ccccc4OC2C)C3=O)c1. The Hall–Kier alpha value is -3.99. The van der Waals surface area contributed by atoms with E-state index in [4.69, 9.17) is 18.9 Å². The molecule has 0 fully saturated rings. The molecule has 2 aliphatic heterocycles. The predicted molar refractivity (Wildman–Crippen MR) is 121 cm³/mol. The number of methoxy groups -OCH3 is 1. The fourth-order valence-electron chi connectivity index (χ4n) is 3.76. The van der Waals surface area contributed by atoms with Gasteiger partial charge in [0.15, 0.2) is 5.76 Å². The van der Waals surface area contributed by atoms with Gasteiger partial charge in [-0.2, -0.15) is 0 Å². The highest BCUT2D eigenvalue weighted by Gasteiger charge is 2.29. The van der Waals surface area contributed by atoms with E-state index < -0.39 is 0 Å². The van der Waals surface area contributed by atoms with Crippen LogP contribution in [-0.2, 0) is 6.61 Å². The lowest BCUT2D eigenvalue weighted by molar-refractivity contribution is 0.101. The van der Waals surface area contributed by atoms with Crippen molar-refractivity contribution in [2.24, 2.45) is 0 Å². The van der Waals surface area contributed by atoms with Crippen LogP contribution in [0.2, 0.25) is 0 Å². The number of benzene rings is 3. The summed E-state index contributed by atoms with van der Waals surface area (Å²) >= 11 is 0. The average molecular weight is 426 g/mol. The normalized spacial score (nSPS) is 17.7. The molecule has 32 heavy (non-hydrogen) atoms. The lowest BCUT2D eigenvalue weighted by Gasteiger charge is -2.22. The average Bonchev–Trinajstić information content (AvgIpc) is 3.12. The molecule has 0 aliphatic carbocycles. The first-order chi connectivity index (χ1) is 15.6. The molecule has 5 nitrogen and oxygen atoms in total. The Bertz CT molecular complexity index is 1250. The summed E-state index contributed by atoms with van der Waals surface area (Å²) in [5, 5.41) is 0. The van der Waals surface area contributed by atoms with Gasteiger partial charge in [0.1, 0.15) is 35.7 Å². The van der Waals surface area contributed by atoms with E-state index in [9.17, 15) is 4.79 Å². The molecule has 0 bridgehead atoms. The highest BCUT2D eigenvalue weighted by atomic mass is 16.5. The Balaban J connectivity index is 1.34. The predicted octanol–water partition coefficient (Wildman–Crippen LogP) is 5.60. The van der Waals surface area contributed by atoms with Gasteiger partial charge in [-0.1, -0.05) is 30.3 Å². The van der Waals surface area contributed by atoms with Crippen LogP contribution >= 0.6 is 0 Å². The van der Waals surface area contributed by atoms with Crippen LogP contribution in [0.15, 0.2) is 84.1 Å². The Morgan fingerprint density at radius 2 is 1.84 bits per heavy atom. The van der Waals surface area contributed by atoms with Crippen LogP contribution in [0.1, 0.15) is 28.4 Å². The summed E-state index contributed by atoms with van der Waals surface area (Å²) in [7, 11) is 1.63. The van der Waals surface area contributed by atoms with Crippen LogP contribution in [0, 0.1) is 0 Å². The van der Waals surface area contributed by atoms with Crippen molar-refractivity contribution in [2.45, 2.75) is 19.6 Å². The summed E-state index contributed by atoms with van der Waals surface area (Å²) in [5.74, 6) is 2.87. The first-order valence-electron chi connectivity index (χ1n) is 10.4. The number of allylic oxidation sites excluding steroid dienone is 1. The Morgan fingerprint density at radius 1 is 0.969 bits per heavy atom. The number of ketones is 1. The van der Waals surface area contributed by atoms with Gasteiger partial charge in [0, 0.05) is 11.6 Å². The third kappa shape index (κ3) is 3.85. The van der Waals surface area contributed by atoms with Gasteiger partial charge < -0.3 is 18.9 Å². The summed E-state index contributed by atoms with van der Waals surface area (Å²) < 4.78 is 23.0. The number of para-hydroxylation sites is 1. The van der Waals surface area contributed by atoms with Crippen molar-refractivity contribution >= 4 is 11.9 Å². The molecule has 2 aliphatic rings. The van der Waals surface area contributed by atoms with Gasteiger partial charge >= 0.3 is 0 Å². The van der Waals surface area contributed by atoms with Crippen LogP contribution < -0.4 is 18.9 Å². The molecule has 5 rings (SSSR count). The Morgan fingerprint density at radius 3 is 2.72 bits per heavy atom. The third-order valence-electron chi connectivity index (χ3n) is 5.49. The molecule has 1 unspecified atom stereocenters. The largest absolute Gasteiger partial charge is 0.497 e. The van der Waals surface area contributed by atoms with Gasteiger partial charge in [-0.05, 0) is 60.5 Å². The fraction of sp³-hybridized carbons (Fsp3) is 0.148. The first-order valence-corrected chi connectivity index (χ1v) is 10.4. The molecule has 160 valence electrons. The van der Waals surface area contributed by atoms with E-state index in [0.29, 0.717) is 23.7 Å². The quantitative estimate of drug-likeness (QED) is 0.497. The zero-order valence-electron chi connectivity index (χ0n) is 17.8. The molecule has 0 N–H and O–H groups in total. The van der Waals surface area contributed by atoms with Crippen LogP contribution in [-0.4, -0.2) is 19.0 Å². The second kappa shape index (κ2) is 8.27. The van der Waals surface area contributed by atoms with Crippen molar-refractivity contribution in [3.8, 4) is 23.0 Å². The van der Waals surface area contributed by atoms with Gasteiger partial charge in [0.05, 0.1) is 12.7 Å². The van der Waals surface area contributed by atoms with E-state index in [1.54, 1.807) is 31.4 Å². The summed E-state index contributed by atoms with van der Waals surface area (Å²) in [6.45, 7) is 2.34. The van der Waals surface area contributed by atoms with Crippen LogP contribution in [0.5, 0.6) is 23.0 Å². The lowest BCUT2D eigenvalue weighted by atomic mass is 10.0. The fourth-order valence-corrected chi connectivity index (χ4v) is 3.76. The number of Topliss-reactive ketones (excluding diaryl/α,β-unsaturated/α-hetero) is 1. The maximum absolute atomic E-state index is 12.9. The van der Waals surface area contributed by atoms with Gasteiger partial charge in [-0.3, -0.25) is 4.79 Å². The zero-order valence-corrected chi connectivity index (χ0v) is 17.8. The molecule has 0 saturated carbocycles. The second-order valence-electron chi connectivity index (χ2n) is 7.68. The molecule has 0 spiro atoms. The third-order valence-corrected chi connectivity index (χ3v) is 5.49. The van der Waals surface area contributed by atoms with Crippen LogP contribution in [0.4, 0.5) is 0 Å². The van der Waals surface area contributed by atoms with E-state index in [0.717, 1.165) is 28.2 Å². The van der Waals surface area contributed by atoms with Crippen LogP contribution in [0.25, 0.3) is 6.08 Å². The van der Waals surface area contributed by atoms with Crippen molar-refractivity contribution in [3.63, 3.8) is 0 Å². The number of carbonyl (C=O) groups is 1. The summed E-state index contributed by atoms with van der Waals surface area (Å²) in [6, 6.07) is 20.8. The van der Waals surface area contributed by atoms with Crippen LogP contribution in [0.3, 0.4) is 0 Å². The molecular formula is C27H22O5. The number of ether oxygens (including phenoxy) is 4. The number of fused-ring (bicyclic) bond motifs is 2. The van der Waals surface area contributed by atoms with Crippen molar-refractivity contribution < 1.29 is 23.7 Å². The minimum absolute atomic E-state index is 0.147. The number of carbonyl (C=O) groups excluding carboxylic acids is 1. The van der Waals surface area contributed by atoms with E-state index in [1.807, 2.05) is 61.5 Å². The van der Waals surface area contributed by atoms with E-state index in [2.05, 4.69) is 0 Å².